The lowest BCUT2D eigenvalue weighted by Gasteiger charge is -2.09. The second-order valence-corrected chi connectivity index (χ2v) is 6.45. The first-order valence-corrected chi connectivity index (χ1v) is 7.75. The van der Waals surface area contributed by atoms with Gasteiger partial charge in [-0.1, -0.05) is 15.9 Å². The van der Waals surface area contributed by atoms with Crippen LogP contribution in [0.2, 0.25) is 0 Å². The fraction of sp³-hybridized carbons (Fsp3) is 0.273. The van der Waals surface area contributed by atoms with Crippen LogP contribution < -0.4 is 4.72 Å². The van der Waals surface area contributed by atoms with Gasteiger partial charge in [-0.2, -0.15) is 0 Å². The summed E-state index contributed by atoms with van der Waals surface area (Å²) >= 11 is 2.91. The SMILES string of the molecule is COC(=O)CCNS(=O)(=O)c1cc(Br)cc(C(=O)O)c1F. The van der Waals surface area contributed by atoms with Crippen LogP contribution in [0.15, 0.2) is 21.5 Å². The van der Waals surface area contributed by atoms with Crippen LogP contribution in [0.5, 0.6) is 0 Å². The summed E-state index contributed by atoms with van der Waals surface area (Å²) in [5.41, 5.74) is -0.780. The standard InChI is InChI=1S/C11H11BrFNO6S/c1-20-9(15)2-3-14-21(18,19)8-5-6(12)4-7(10(8)13)11(16)17/h4-5,14H,2-3H2,1H3,(H,16,17). The molecule has 0 radical (unpaired) electrons. The number of nitrogens with one attached hydrogen (secondary N) is 1. The fourth-order valence-corrected chi connectivity index (χ4v) is 3.15. The van der Waals surface area contributed by atoms with Gasteiger partial charge in [-0.3, -0.25) is 4.79 Å². The van der Waals surface area contributed by atoms with Crippen molar-refractivity contribution in [2.75, 3.05) is 13.7 Å². The minimum Gasteiger partial charge on any atom is -0.478 e. The van der Waals surface area contributed by atoms with Crippen molar-refractivity contribution in [2.45, 2.75) is 11.3 Å². The van der Waals surface area contributed by atoms with Crippen LogP contribution in [0.3, 0.4) is 0 Å². The molecule has 0 saturated carbocycles. The molecule has 1 aromatic rings. The Morgan fingerprint density at radius 1 is 1.43 bits per heavy atom. The van der Waals surface area contributed by atoms with Crippen molar-refractivity contribution in [1.29, 1.82) is 0 Å². The van der Waals surface area contributed by atoms with Crippen molar-refractivity contribution < 1.29 is 32.2 Å². The molecule has 0 aromatic heterocycles. The van der Waals surface area contributed by atoms with E-state index in [9.17, 15) is 22.4 Å². The fourth-order valence-electron chi connectivity index (χ4n) is 1.38. The molecular weight excluding hydrogens is 373 g/mol. The third-order valence-corrected chi connectivity index (χ3v) is 4.29. The highest BCUT2D eigenvalue weighted by atomic mass is 79.9. The number of carboxylic acid groups (broad SMARTS) is 1. The molecule has 0 amide bonds. The number of esters is 1. The average Bonchev–Trinajstić information content (AvgIpc) is 2.40. The number of carboxylic acids is 1. The second-order valence-electron chi connectivity index (χ2n) is 3.79. The predicted octanol–water partition coefficient (Wildman–Crippen LogP) is 1.13. The molecule has 1 rings (SSSR count). The molecule has 0 fully saturated rings. The molecule has 10 heteroatoms. The molecule has 21 heavy (non-hydrogen) atoms. The van der Waals surface area contributed by atoms with E-state index in [-0.39, 0.29) is 17.4 Å². The van der Waals surface area contributed by atoms with Gasteiger partial charge in [0.25, 0.3) is 0 Å². The zero-order valence-corrected chi connectivity index (χ0v) is 13.1. The molecule has 0 spiro atoms. The van der Waals surface area contributed by atoms with Crippen LogP contribution >= 0.6 is 15.9 Å². The van der Waals surface area contributed by atoms with Crippen molar-refractivity contribution in [3.05, 3.63) is 28.0 Å². The molecule has 0 saturated heterocycles. The molecule has 0 aliphatic heterocycles. The van der Waals surface area contributed by atoms with Crippen molar-refractivity contribution in [1.82, 2.24) is 4.72 Å². The van der Waals surface area contributed by atoms with E-state index >= 15 is 0 Å². The van der Waals surface area contributed by atoms with Crippen LogP contribution in [-0.2, 0) is 19.6 Å². The summed E-state index contributed by atoms with van der Waals surface area (Å²) in [6.45, 7) is -0.302. The third kappa shape index (κ3) is 4.48. The summed E-state index contributed by atoms with van der Waals surface area (Å²) in [6.07, 6.45) is -0.239. The van der Waals surface area contributed by atoms with E-state index in [0.717, 1.165) is 19.2 Å². The number of methoxy groups -OCH3 is 1. The molecular formula is C11H11BrFNO6S. The highest BCUT2D eigenvalue weighted by Crippen LogP contribution is 2.24. The molecule has 0 unspecified atom stereocenters. The second kappa shape index (κ2) is 6.96. The predicted molar refractivity (Wildman–Crippen MR) is 72.9 cm³/mol. The monoisotopic (exact) mass is 383 g/mol. The molecule has 0 aliphatic rings. The highest BCUT2D eigenvalue weighted by Gasteiger charge is 2.25. The first kappa shape index (κ1) is 17.5. The Balaban J connectivity index is 3.08. The number of benzene rings is 1. The number of rotatable bonds is 6. The number of sulfonamides is 1. The Hall–Kier alpha value is -1.52. The summed E-state index contributed by atoms with van der Waals surface area (Å²) < 4.78 is 44.2. The van der Waals surface area contributed by atoms with Gasteiger partial charge >= 0.3 is 11.9 Å². The number of halogens is 2. The van der Waals surface area contributed by atoms with Crippen LogP contribution in [0.25, 0.3) is 0 Å². The highest BCUT2D eigenvalue weighted by molar-refractivity contribution is 9.10. The zero-order chi connectivity index (χ0) is 16.2. The molecule has 0 bridgehead atoms. The van der Waals surface area contributed by atoms with Crippen LogP contribution in [-0.4, -0.2) is 39.1 Å². The van der Waals surface area contributed by atoms with Crippen molar-refractivity contribution >= 4 is 37.9 Å². The smallest absolute Gasteiger partial charge is 0.338 e. The van der Waals surface area contributed by atoms with E-state index < -0.39 is 38.2 Å². The van der Waals surface area contributed by atoms with Gasteiger partial charge in [0, 0.05) is 11.0 Å². The van der Waals surface area contributed by atoms with Gasteiger partial charge in [0.15, 0.2) is 5.82 Å². The van der Waals surface area contributed by atoms with E-state index in [1.807, 2.05) is 4.72 Å². The van der Waals surface area contributed by atoms with Gasteiger partial charge < -0.3 is 9.84 Å². The van der Waals surface area contributed by atoms with E-state index in [1.54, 1.807) is 0 Å². The number of ether oxygens (including phenoxy) is 1. The normalized spacial score (nSPS) is 11.2. The summed E-state index contributed by atoms with van der Waals surface area (Å²) in [5, 5.41) is 8.82. The van der Waals surface area contributed by atoms with Crippen molar-refractivity contribution in [3.63, 3.8) is 0 Å². The molecule has 1 aromatic carbocycles. The van der Waals surface area contributed by atoms with Crippen LogP contribution in [0.1, 0.15) is 16.8 Å². The Kier molecular flexibility index (Phi) is 5.81. The first-order chi connectivity index (χ1) is 9.69. The number of hydrogen-bond acceptors (Lipinski definition) is 5. The largest absolute Gasteiger partial charge is 0.478 e. The summed E-state index contributed by atoms with van der Waals surface area (Å²) in [6, 6.07) is 1.88. The molecule has 0 atom stereocenters. The maximum Gasteiger partial charge on any atom is 0.338 e. The lowest BCUT2D eigenvalue weighted by Crippen LogP contribution is -2.28. The van der Waals surface area contributed by atoms with E-state index in [1.165, 1.54) is 0 Å². The molecule has 0 heterocycles. The molecule has 116 valence electrons. The number of carbonyl (C=O) groups excluding carboxylic acids is 1. The Labute approximate surface area is 128 Å². The number of aromatic carboxylic acids is 1. The lowest BCUT2D eigenvalue weighted by molar-refractivity contribution is -0.140. The van der Waals surface area contributed by atoms with Gasteiger partial charge in [-0.25, -0.2) is 22.3 Å². The Morgan fingerprint density at radius 3 is 2.57 bits per heavy atom. The third-order valence-electron chi connectivity index (χ3n) is 2.37. The van der Waals surface area contributed by atoms with E-state index in [2.05, 4.69) is 20.7 Å². The van der Waals surface area contributed by atoms with Crippen LogP contribution in [0.4, 0.5) is 4.39 Å². The maximum absolute atomic E-state index is 13.9. The van der Waals surface area contributed by atoms with Gasteiger partial charge in [-0.05, 0) is 12.1 Å². The summed E-state index contributed by atoms with van der Waals surface area (Å²) in [4.78, 5) is 20.9. The Bertz CT molecular complexity index is 676. The zero-order valence-electron chi connectivity index (χ0n) is 10.7. The van der Waals surface area contributed by atoms with Crippen molar-refractivity contribution in [3.8, 4) is 0 Å². The minimum absolute atomic E-state index is 0.0923. The number of hydrogen-bond donors (Lipinski definition) is 2. The maximum atomic E-state index is 13.9. The summed E-state index contributed by atoms with van der Waals surface area (Å²) in [7, 11) is -3.16. The lowest BCUT2D eigenvalue weighted by atomic mass is 10.2. The van der Waals surface area contributed by atoms with Gasteiger partial charge in [0.05, 0.1) is 19.1 Å². The van der Waals surface area contributed by atoms with Gasteiger partial charge in [0.2, 0.25) is 10.0 Å². The van der Waals surface area contributed by atoms with Gasteiger partial charge in [0.1, 0.15) is 4.90 Å². The molecule has 2 N–H and O–H groups in total. The first-order valence-electron chi connectivity index (χ1n) is 5.48. The Morgan fingerprint density at radius 2 is 2.05 bits per heavy atom. The molecule has 0 aliphatic carbocycles. The van der Waals surface area contributed by atoms with E-state index in [4.69, 9.17) is 5.11 Å². The topological polar surface area (TPSA) is 110 Å². The average molecular weight is 384 g/mol. The van der Waals surface area contributed by atoms with Crippen LogP contribution in [0, 0.1) is 5.82 Å². The summed E-state index contributed by atoms with van der Waals surface area (Å²) in [5.74, 6) is -3.62. The van der Waals surface area contributed by atoms with Gasteiger partial charge in [-0.15, -0.1) is 0 Å². The van der Waals surface area contributed by atoms with E-state index in [0.29, 0.717) is 0 Å². The number of carbonyl (C=O) groups is 2. The molecule has 7 nitrogen and oxygen atoms in total. The van der Waals surface area contributed by atoms with Crippen molar-refractivity contribution in [2.24, 2.45) is 0 Å². The quantitative estimate of drug-likeness (QED) is 0.712. The minimum atomic E-state index is -4.30.